The van der Waals surface area contributed by atoms with Crippen LogP contribution in [0.2, 0.25) is 0 Å². The fourth-order valence-electron chi connectivity index (χ4n) is 2.70. The van der Waals surface area contributed by atoms with E-state index in [1.807, 2.05) is 0 Å². The first-order chi connectivity index (χ1) is 6.25. The van der Waals surface area contributed by atoms with Gasteiger partial charge in [-0.2, -0.15) is 0 Å². The molecule has 2 atom stereocenters. The number of hydrogen-bond donors (Lipinski definition) is 0. The van der Waals surface area contributed by atoms with Gasteiger partial charge >= 0.3 is 5.97 Å². The van der Waals surface area contributed by atoms with Crippen LogP contribution in [0.1, 0.15) is 41.0 Å². The molecule has 0 radical (unpaired) electrons. The van der Waals surface area contributed by atoms with Gasteiger partial charge in [0.1, 0.15) is 0 Å². The zero-order valence-corrected chi connectivity index (χ0v) is 10.2. The third-order valence-corrected chi connectivity index (χ3v) is 3.65. The average Bonchev–Trinajstić information content (AvgIpc) is 2.54. The van der Waals surface area contributed by atoms with Crippen molar-refractivity contribution in [1.29, 1.82) is 0 Å². The highest BCUT2D eigenvalue weighted by Crippen LogP contribution is 2.63. The van der Waals surface area contributed by atoms with E-state index in [9.17, 15) is 4.79 Å². The lowest BCUT2D eigenvalue weighted by atomic mass is 9.80. The number of esters is 1. The Bertz CT molecular complexity index is 229. The Morgan fingerprint density at radius 1 is 1.29 bits per heavy atom. The SMILES string of the molecule is COC(=O)C1(CC(C)(C)C)C(C)C1C. The van der Waals surface area contributed by atoms with Crippen LogP contribution in [0.15, 0.2) is 0 Å². The molecule has 2 unspecified atom stereocenters. The highest BCUT2D eigenvalue weighted by molar-refractivity contribution is 5.81. The van der Waals surface area contributed by atoms with Crippen molar-refractivity contribution < 1.29 is 9.53 Å². The van der Waals surface area contributed by atoms with Crippen LogP contribution in [0.4, 0.5) is 0 Å². The maximum atomic E-state index is 11.8. The molecule has 0 aromatic rings. The van der Waals surface area contributed by atoms with Crippen LogP contribution in [-0.4, -0.2) is 13.1 Å². The van der Waals surface area contributed by atoms with Crippen molar-refractivity contribution in [3.05, 3.63) is 0 Å². The van der Waals surface area contributed by atoms with Crippen molar-refractivity contribution in [3.63, 3.8) is 0 Å². The molecule has 0 spiro atoms. The second-order valence-electron chi connectivity index (χ2n) is 5.85. The smallest absolute Gasteiger partial charge is 0.312 e. The van der Waals surface area contributed by atoms with Crippen molar-refractivity contribution in [1.82, 2.24) is 0 Å². The Morgan fingerprint density at radius 2 is 1.71 bits per heavy atom. The van der Waals surface area contributed by atoms with Gasteiger partial charge in [0.05, 0.1) is 12.5 Å². The summed E-state index contributed by atoms with van der Waals surface area (Å²) >= 11 is 0. The van der Waals surface area contributed by atoms with Gasteiger partial charge in [0.2, 0.25) is 0 Å². The third kappa shape index (κ3) is 1.67. The topological polar surface area (TPSA) is 26.3 Å². The van der Waals surface area contributed by atoms with E-state index in [2.05, 4.69) is 34.6 Å². The molecule has 0 aliphatic heterocycles. The van der Waals surface area contributed by atoms with Crippen molar-refractivity contribution in [2.45, 2.75) is 41.0 Å². The van der Waals surface area contributed by atoms with Gasteiger partial charge < -0.3 is 4.74 Å². The highest BCUT2D eigenvalue weighted by atomic mass is 16.5. The van der Waals surface area contributed by atoms with Crippen LogP contribution < -0.4 is 0 Å². The molecular formula is C12H22O2. The number of rotatable bonds is 2. The second kappa shape index (κ2) is 3.25. The van der Waals surface area contributed by atoms with Gasteiger partial charge in [-0.05, 0) is 23.7 Å². The predicted molar refractivity (Wildman–Crippen MR) is 56.8 cm³/mol. The van der Waals surface area contributed by atoms with Crippen LogP contribution in [0.3, 0.4) is 0 Å². The van der Waals surface area contributed by atoms with Crippen molar-refractivity contribution >= 4 is 5.97 Å². The summed E-state index contributed by atoms with van der Waals surface area (Å²) in [7, 11) is 1.49. The van der Waals surface area contributed by atoms with E-state index < -0.39 is 0 Å². The Labute approximate surface area is 87.0 Å². The first-order valence-electron chi connectivity index (χ1n) is 5.34. The van der Waals surface area contributed by atoms with E-state index in [0.29, 0.717) is 11.8 Å². The van der Waals surface area contributed by atoms with Crippen LogP contribution in [-0.2, 0) is 9.53 Å². The van der Waals surface area contributed by atoms with Gasteiger partial charge in [0.25, 0.3) is 0 Å². The van der Waals surface area contributed by atoms with Crippen LogP contribution in [0.5, 0.6) is 0 Å². The molecule has 82 valence electrons. The molecule has 0 saturated heterocycles. The number of carbonyl (C=O) groups is 1. The van der Waals surface area contributed by atoms with Gasteiger partial charge in [0.15, 0.2) is 0 Å². The first-order valence-corrected chi connectivity index (χ1v) is 5.34. The molecule has 1 fully saturated rings. The Kier molecular flexibility index (Phi) is 2.68. The zero-order chi connectivity index (χ0) is 11.1. The second-order valence-corrected chi connectivity index (χ2v) is 5.85. The summed E-state index contributed by atoms with van der Waals surface area (Å²) in [6.45, 7) is 10.8. The Morgan fingerprint density at radius 3 is 1.93 bits per heavy atom. The van der Waals surface area contributed by atoms with Gasteiger partial charge in [-0.3, -0.25) is 4.79 Å². The fourth-order valence-corrected chi connectivity index (χ4v) is 2.70. The molecule has 0 heterocycles. The monoisotopic (exact) mass is 198 g/mol. The molecule has 0 amide bonds. The van der Waals surface area contributed by atoms with E-state index in [1.54, 1.807) is 0 Å². The Balaban J connectivity index is 2.82. The van der Waals surface area contributed by atoms with E-state index in [1.165, 1.54) is 7.11 Å². The first kappa shape index (κ1) is 11.5. The standard InChI is InChI=1S/C12H22O2/c1-8-9(2)12(8,10(13)14-6)7-11(3,4)5/h8-9H,7H2,1-6H3. The summed E-state index contributed by atoms with van der Waals surface area (Å²) in [5.41, 5.74) is -0.0137. The molecule has 1 saturated carbocycles. The van der Waals surface area contributed by atoms with Gasteiger partial charge in [-0.1, -0.05) is 34.6 Å². The van der Waals surface area contributed by atoms with Crippen LogP contribution in [0, 0.1) is 22.7 Å². The number of carbonyl (C=O) groups excluding carboxylic acids is 1. The molecule has 1 aliphatic rings. The van der Waals surface area contributed by atoms with Crippen LogP contribution in [0.25, 0.3) is 0 Å². The molecular weight excluding hydrogens is 176 g/mol. The summed E-state index contributed by atoms with van der Waals surface area (Å²) in [5.74, 6) is 0.913. The van der Waals surface area contributed by atoms with Crippen molar-refractivity contribution in [2.75, 3.05) is 7.11 Å². The largest absolute Gasteiger partial charge is 0.469 e. The molecule has 0 aromatic heterocycles. The van der Waals surface area contributed by atoms with Gasteiger partial charge in [-0.15, -0.1) is 0 Å². The molecule has 1 aliphatic carbocycles. The maximum Gasteiger partial charge on any atom is 0.312 e. The van der Waals surface area contributed by atoms with Crippen molar-refractivity contribution in [2.24, 2.45) is 22.7 Å². The predicted octanol–water partition coefficient (Wildman–Crippen LogP) is 2.87. The van der Waals surface area contributed by atoms with E-state index in [-0.39, 0.29) is 16.8 Å². The van der Waals surface area contributed by atoms with Gasteiger partial charge in [0, 0.05) is 0 Å². The summed E-state index contributed by atoms with van der Waals surface area (Å²) in [6, 6.07) is 0. The number of hydrogen-bond acceptors (Lipinski definition) is 2. The minimum atomic E-state index is -0.201. The molecule has 0 bridgehead atoms. The lowest BCUT2D eigenvalue weighted by molar-refractivity contribution is -0.149. The molecule has 2 heteroatoms. The van der Waals surface area contributed by atoms with Gasteiger partial charge in [-0.25, -0.2) is 0 Å². The third-order valence-electron chi connectivity index (χ3n) is 3.65. The number of ether oxygens (including phenoxy) is 1. The normalized spacial score (nSPS) is 36.7. The van der Waals surface area contributed by atoms with Crippen molar-refractivity contribution in [3.8, 4) is 0 Å². The van der Waals surface area contributed by atoms with E-state index in [4.69, 9.17) is 4.74 Å². The quantitative estimate of drug-likeness (QED) is 0.638. The lowest BCUT2D eigenvalue weighted by Gasteiger charge is -2.25. The minimum absolute atomic E-state index is 0.0209. The van der Waals surface area contributed by atoms with E-state index in [0.717, 1.165) is 6.42 Å². The molecule has 0 aromatic carbocycles. The summed E-state index contributed by atoms with van der Waals surface area (Å²) in [5, 5.41) is 0. The lowest BCUT2D eigenvalue weighted by Crippen LogP contribution is -2.26. The molecule has 1 rings (SSSR count). The van der Waals surface area contributed by atoms with Crippen LogP contribution >= 0.6 is 0 Å². The summed E-state index contributed by atoms with van der Waals surface area (Å²) in [6.07, 6.45) is 0.926. The molecule has 14 heavy (non-hydrogen) atoms. The van der Waals surface area contributed by atoms with E-state index >= 15 is 0 Å². The maximum absolute atomic E-state index is 11.8. The Hall–Kier alpha value is -0.530. The minimum Gasteiger partial charge on any atom is -0.469 e. The molecule has 2 nitrogen and oxygen atoms in total. The number of methoxy groups -OCH3 is 1. The summed E-state index contributed by atoms with van der Waals surface area (Å²) in [4.78, 5) is 11.8. The fraction of sp³-hybridized carbons (Fsp3) is 0.917. The average molecular weight is 198 g/mol. The molecule has 0 N–H and O–H groups in total. The highest BCUT2D eigenvalue weighted by Gasteiger charge is 2.66. The zero-order valence-electron chi connectivity index (χ0n) is 10.2. The summed E-state index contributed by atoms with van der Waals surface area (Å²) < 4.78 is 4.93.